The van der Waals surface area contributed by atoms with Crippen LogP contribution in [-0.4, -0.2) is 36.1 Å². The molecule has 0 saturated carbocycles. The molecular weight excluding hydrogens is 342 g/mol. The Morgan fingerprint density at radius 1 is 1.15 bits per heavy atom. The van der Waals surface area contributed by atoms with Gasteiger partial charge in [-0.25, -0.2) is 4.98 Å². The number of fused-ring (bicyclic) bond motifs is 1. The minimum atomic E-state index is -0.113. The normalized spacial score (nSPS) is 12.4. The number of H-pyrrole nitrogens is 1. The van der Waals surface area contributed by atoms with Gasteiger partial charge < -0.3 is 14.5 Å². The predicted octanol–water partition coefficient (Wildman–Crippen LogP) is 3.44. The predicted molar refractivity (Wildman–Crippen MR) is 107 cm³/mol. The summed E-state index contributed by atoms with van der Waals surface area (Å²) in [6.07, 6.45) is 0. The second kappa shape index (κ2) is 7.80. The van der Waals surface area contributed by atoms with Crippen LogP contribution in [0.2, 0.25) is 0 Å². The van der Waals surface area contributed by atoms with E-state index in [9.17, 15) is 4.79 Å². The maximum Gasteiger partial charge on any atom is 0.258 e. The van der Waals surface area contributed by atoms with Crippen molar-refractivity contribution in [1.82, 2.24) is 14.9 Å². The Balaban J connectivity index is 1.88. The smallest absolute Gasteiger partial charge is 0.258 e. The monoisotopic (exact) mass is 367 g/mol. The van der Waals surface area contributed by atoms with Gasteiger partial charge in [-0.3, -0.25) is 9.69 Å². The first kappa shape index (κ1) is 18.9. The van der Waals surface area contributed by atoms with Gasteiger partial charge in [-0.1, -0.05) is 12.1 Å². The third-order valence-electron chi connectivity index (χ3n) is 4.95. The van der Waals surface area contributed by atoms with Crippen molar-refractivity contribution in [3.8, 4) is 11.5 Å². The fourth-order valence-corrected chi connectivity index (χ4v) is 3.11. The first-order valence-corrected chi connectivity index (χ1v) is 8.85. The minimum absolute atomic E-state index is 0.0604. The number of aryl methyl sites for hydroxylation is 1. The Morgan fingerprint density at radius 2 is 1.81 bits per heavy atom. The molecular formula is C21H25N3O3. The van der Waals surface area contributed by atoms with Crippen LogP contribution in [0, 0.1) is 6.92 Å². The van der Waals surface area contributed by atoms with Gasteiger partial charge in [0.1, 0.15) is 5.82 Å². The van der Waals surface area contributed by atoms with Crippen LogP contribution in [0.15, 0.2) is 41.2 Å². The fourth-order valence-electron chi connectivity index (χ4n) is 3.11. The molecule has 0 fully saturated rings. The molecule has 1 aromatic heterocycles. The zero-order valence-electron chi connectivity index (χ0n) is 16.4. The van der Waals surface area contributed by atoms with Crippen LogP contribution in [-0.2, 0) is 6.54 Å². The van der Waals surface area contributed by atoms with Gasteiger partial charge in [0, 0.05) is 6.54 Å². The van der Waals surface area contributed by atoms with Gasteiger partial charge in [0.15, 0.2) is 11.5 Å². The van der Waals surface area contributed by atoms with Crippen molar-refractivity contribution >= 4 is 10.9 Å². The molecule has 0 aliphatic carbocycles. The lowest BCUT2D eigenvalue weighted by atomic mass is 10.1. The van der Waals surface area contributed by atoms with Gasteiger partial charge in [0.2, 0.25) is 0 Å². The zero-order valence-corrected chi connectivity index (χ0v) is 16.4. The van der Waals surface area contributed by atoms with Crippen molar-refractivity contribution in [2.45, 2.75) is 26.4 Å². The highest BCUT2D eigenvalue weighted by molar-refractivity contribution is 5.77. The third kappa shape index (κ3) is 3.80. The molecule has 6 nitrogen and oxygen atoms in total. The molecule has 0 radical (unpaired) electrons. The summed E-state index contributed by atoms with van der Waals surface area (Å²) >= 11 is 0. The van der Waals surface area contributed by atoms with Crippen LogP contribution in [0.1, 0.15) is 29.9 Å². The number of aromatic amines is 1. The van der Waals surface area contributed by atoms with E-state index in [0.29, 0.717) is 29.0 Å². The maximum absolute atomic E-state index is 12.3. The van der Waals surface area contributed by atoms with E-state index in [0.717, 1.165) is 16.9 Å². The molecule has 3 rings (SSSR count). The van der Waals surface area contributed by atoms with Crippen LogP contribution < -0.4 is 15.0 Å². The van der Waals surface area contributed by atoms with Crippen molar-refractivity contribution in [3.05, 3.63) is 63.7 Å². The highest BCUT2D eigenvalue weighted by atomic mass is 16.5. The van der Waals surface area contributed by atoms with Gasteiger partial charge in [-0.05, 0) is 56.3 Å². The number of benzene rings is 2. The van der Waals surface area contributed by atoms with Gasteiger partial charge >= 0.3 is 0 Å². The molecule has 6 heteroatoms. The Morgan fingerprint density at radius 3 is 2.52 bits per heavy atom. The highest BCUT2D eigenvalue weighted by Crippen LogP contribution is 2.31. The lowest BCUT2D eigenvalue weighted by Crippen LogP contribution is -2.26. The molecule has 0 spiro atoms. The van der Waals surface area contributed by atoms with E-state index in [1.54, 1.807) is 20.3 Å². The second-order valence-electron chi connectivity index (χ2n) is 6.69. The summed E-state index contributed by atoms with van der Waals surface area (Å²) < 4.78 is 10.8. The van der Waals surface area contributed by atoms with Crippen LogP contribution in [0.25, 0.3) is 10.9 Å². The summed E-state index contributed by atoms with van der Waals surface area (Å²) in [5, 5.41) is 0.604. The Labute approximate surface area is 158 Å². The van der Waals surface area contributed by atoms with Gasteiger partial charge in [-0.15, -0.1) is 0 Å². The minimum Gasteiger partial charge on any atom is -0.493 e. The Hall–Kier alpha value is -2.86. The van der Waals surface area contributed by atoms with Crippen LogP contribution in [0.3, 0.4) is 0 Å². The van der Waals surface area contributed by atoms with Crippen molar-refractivity contribution < 1.29 is 9.47 Å². The number of hydrogen-bond donors (Lipinski definition) is 1. The number of rotatable bonds is 6. The quantitative estimate of drug-likeness (QED) is 0.723. The molecule has 1 N–H and O–H groups in total. The number of hydrogen-bond acceptors (Lipinski definition) is 5. The highest BCUT2D eigenvalue weighted by Gasteiger charge is 2.18. The van der Waals surface area contributed by atoms with Gasteiger partial charge in [-0.2, -0.15) is 0 Å². The van der Waals surface area contributed by atoms with E-state index in [1.165, 1.54) is 0 Å². The number of nitrogens with zero attached hydrogens (tertiary/aromatic N) is 2. The van der Waals surface area contributed by atoms with Crippen molar-refractivity contribution in [2.75, 3.05) is 21.3 Å². The zero-order chi connectivity index (χ0) is 19.6. The molecule has 3 aromatic rings. The molecule has 0 amide bonds. The average molecular weight is 367 g/mol. The lowest BCUT2D eigenvalue weighted by molar-refractivity contribution is 0.243. The Bertz CT molecular complexity index is 1010. The molecule has 1 heterocycles. The summed E-state index contributed by atoms with van der Waals surface area (Å²) in [5.41, 5.74) is 2.84. The molecule has 1 atom stereocenters. The second-order valence-corrected chi connectivity index (χ2v) is 6.69. The van der Waals surface area contributed by atoms with Crippen molar-refractivity contribution in [2.24, 2.45) is 0 Å². The number of ether oxygens (including phenoxy) is 2. The van der Waals surface area contributed by atoms with Crippen LogP contribution in [0.4, 0.5) is 0 Å². The summed E-state index contributed by atoms with van der Waals surface area (Å²) in [5.74, 6) is 2.07. The summed E-state index contributed by atoms with van der Waals surface area (Å²) in [7, 11) is 5.27. The number of aromatic nitrogens is 2. The first-order chi connectivity index (χ1) is 12.9. The number of para-hydroxylation sites is 1. The molecule has 27 heavy (non-hydrogen) atoms. The standard InChI is InChI=1S/C21H25N3O3/c1-13-10-18(26-4)19(27-5)11-15(13)12-24(3)14(2)20-22-17-9-7-6-8-16(17)21(25)23-20/h6-11,14H,12H2,1-5H3,(H,22,23,25)/t14-/m0/s1. The number of nitrogens with one attached hydrogen (secondary N) is 1. The molecule has 0 aliphatic rings. The topological polar surface area (TPSA) is 67.5 Å². The molecule has 142 valence electrons. The SMILES string of the molecule is COc1cc(C)c(CN(C)[C@@H](C)c2nc3ccccc3c(=O)[nH]2)cc1OC. The summed E-state index contributed by atoms with van der Waals surface area (Å²) in [6.45, 7) is 4.76. The largest absolute Gasteiger partial charge is 0.493 e. The van der Waals surface area contributed by atoms with E-state index in [2.05, 4.69) is 14.9 Å². The first-order valence-electron chi connectivity index (χ1n) is 8.85. The molecule has 0 saturated heterocycles. The van der Waals surface area contributed by atoms with E-state index in [1.807, 2.05) is 51.2 Å². The maximum atomic E-state index is 12.3. The lowest BCUT2D eigenvalue weighted by Gasteiger charge is -2.25. The number of methoxy groups -OCH3 is 2. The third-order valence-corrected chi connectivity index (χ3v) is 4.95. The average Bonchev–Trinajstić information content (AvgIpc) is 2.68. The van der Waals surface area contributed by atoms with Crippen LogP contribution >= 0.6 is 0 Å². The summed E-state index contributed by atoms with van der Waals surface area (Å²) in [6, 6.07) is 11.3. The fraction of sp³-hybridized carbons (Fsp3) is 0.333. The molecule has 2 aromatic carbocycles. The summed E-state index contributed by atoms with van der Waals surface area (Å²) in [4.78, 5) is 22.0. The van der Waals surface area contributed by atoms with E-state index >= 15 is 0 Å². The van der Waals surface area contributed by atoms with E-state index < -0.39 is 0 Å². The van der Waals surface area contributed by atoms with Gasteiger partial charge in [0.05, 0.1) is 31.2 Å². The van der Waals surface area contributed by atoms with Crippen LogP contribution in [0.5, 0.6) is 11.5 Å². The van der Waals surface area contributed by atoms with E-state index in [-0.39, 0.29) is 11.6 Å². The Kier molecular flexibility index (Phi) is 5.46. The van der Waals surface area contributed by atoms with Gasteiger partial charge in [0.25, 0.3) is 5.56 Å². The molecule has 0 unspecified atom stereocenters. The van der Waals surface area contributed by atoms with Crippen molar-refractivity contribution in [3.63, 3.8) is 0 Å². The molecule has 0 bridgehead atoms. The molecule has 0 aliphatic heterocycles. The van der Waals surface area contributed by atoms with Crippen molar-refractivity contribution in [1.29, 1.82) is 0 Å². The van der Waals surface area contributed by atoms with E-state index in [4.69, 9.17) is 9.47 Å².